The normalized spacial score (nSPS) is 13.8. The number of para-hydroxylation sites is 1. The first-order chi connectivity index (χ1) is 12.1. The van der Waals surface area contributed by atoms with Crippen LogP contribution in [0.5, 0.6) is 0 Å². The molecule has 0 aliphatic heterocycles. The van der Waals surface area contributed by atoms with E-state index in [0.717, 1.165) is 18.5 Å². The number of carbonyl (C=O) groups excluding carboxylic acids is 1. The van der Waals surface area contributed by atoms with Crippen LogP contribution in [0.3, 0.4) is 0 Å². The Hall–Kier alpha value is -3.09. The second kappa shape index (κ2) is 6.08. The first-order valence-electron chi connectivity index (χ1n) is 8.20. The number of likely N-dealkylation sites (N-methyl/N-ethyl adjacent to an activating group) is 1. The second-order valence-corrected chi connectivity index (χ2v) is 6.13. The molecule has 1 amide bonds. The molecule has 0 N–H and O–H groups in total. The Labute approximate surface area is 144 Å². The predicted molar refractivity (Wildman–Crippen MR) is 92.3 cm³/mol. The highest BCUT2D eigenvalue weighted by Crippen LogP contribution is 2.36. The van der Waals surface area contributed by atoms with Gasteiger partial charge in [-0.1, -0.05) is 18.2 Å². The molecular weight excluding hydrogens is 320 g/mol. The van der Waals surface area contributed by atoms with Gasteiger partial charge in [0.25, 0.3) is 0 Å². The van der Waals surface area contributed by atoms with E-state index >= 15 is 0 Å². The van der Waals surface area contributed by atoms with Crippen LogP contribution in [0.1, 0.15) is 18.9 Å². The molecule has 1 aromatic carbocycles. The molecule has 1 aliphatic carbocycles. The maximum Gasteiger partial charge on any atom is 0.347 e. The number of furan rings is 1. The molecule has 7 heteroatoms. The van der Waals surface area contributed by atoms with Crippen LogP contribution in [0.15, 0.2) is 57.9 Å². The summed E-state index contributed by atoms with van der Waals surface area (Å²) in [4.78, 5) is 26.8. The number of benzene rings is 1. The lowest BCUT2D eigenvalue weighted by atomic mass is 10.3. The molecule has 7 nitrogen and oxygen atoms in total. The fourth-order valence-electron chi connectivity index (χ4n) is 2.79. The number of rotatable bonds is 5. The van der Waals surface area contributed by atoms with Gasteiger partial charge in [0.05, 0.1) is 6.26 Å². The number of amides is 1. The zero-order valence-corrected chi connectivity index (χ0v) is 13.8. The third-order valence-corrected chi connectivity index (χ3v) is 4.33. The van der Waals surface area contributed by atoms with Gasteiger partial charge in [-0.25, -0.2) is 9.48 Å². The summed E-state index contributed by atoms with van der Waals surface area (Å²) in [7, 11) is 1.69. The SMILES string of the molecule is CN(C(=O)Cn1nc(-c2ccco2)n(C2CC2)c1=O)c1ccccc1. The number of nitrogens with zero attached hydrogens (tertiary/aromatic N) is 4. The molecule has 0 unspecified atom stereocenters. The Bertz CT molecular complexity index is 937. The van der Waals surface area contributed by atoms with Crippen LogP contribution >= 0.6 is 0 Å². The summed E-state index contributed by atoms with van der Waals surface area (Å²) < 4.78 is 8.25. The number of hydrogen-bond donors (Lipinski definition) is 0. The highest BCUT2D eigenvalue weighted by molar-refractivity contribution is 5.92. The summed E-state index contributed by atoms with van der Waals surface area (Å²) in [5.41, 5.74) is 0.497. The molecular formula is C18H18N4O3. The largest absolute Gasteiger partial charge is 0.461 e. The van der Waals surface area contributed by atoms with Crippen molar-refractivity contribution in [3.63, 3.8) is 0 Å². The summed E-state index contributed by atoms with van der Waals surface area (Å²) in [6.45, 7) is -0.113. The molecule has 1 fully saturated rings. The molecule has 2 heterocycles. The minimum absolute atomic E-state index is 0.113. The fraction of sp³-hybridized carbons (Fsp3) is 0.278. The van der Waals surface area contributed by atoms with Crippen molar-refractivity contribution >= 4 is 11.6 Å². The maximum atomic E-state index is 12.7. The van der Waals surface area contributed by atoms with E-state index in [9.17, 15) is 9.59 Å². The minimum atomic E-state index is -0.274. The van der Waals surface area contributed by atoms with Crippen LogP contribution in [-0.4, -0.2) is 27.3 Å². The van der Waals surface area contributed by atoms with Crippen molar-refractivity contribution in [3.8, 4) is 11.6 Å². The maximum absolute atomic E-state index is 12.7. The van der Waals surface area contributed by atoms with Crippen LogP contribution in [0.2, 0.25) is 0 Å². The van der Waals surface area contributed by atoms with Crippen molar-refractivity contribution < 1.29 is 9.21 Å². The minimum Gasteiger partial charge on any atom is -0.461 e. The van der Waals surface area contributed by atoms with Gasteiger partial charge >= 0.3 is 5.69 Å². The van der Waals surface area contributed by atoms with Gasteiger partial charge in [-0.3, -0.25) is 9.36 Å². The number of aromatic nitrogens is 3. The topological polar surface area (TPSA) is 73.3 Å². The molecule has 2 aromatic heterocycles. The quantitative estimate of drug-likeness (QED) is 0.715. The molecule has 128 valence electrons. The Balaban J connectivity index is 1.64. The van der Waals surface area contributed by atoms with Crippen molar-refractivity contribution in [1.82, 2.24) is 14.3 Å². The summed E-state index contributed by atoms with van der Waals surface area (Å²) in [5.74, 6) is 0.805. The van der Waals surface area contributed by atoms with Crippen molar-refractivity contribution in [2.45, 2.75) is 25.4 Å². The molecule has 3 aromatic rings. The van der Waals surface area contributed by atoms with Crippen LogP contribution in [-0.2, 0) is 11.3 Å². The standard InChI is InChI=1S/C18H18N4O3/c1-20(13-6-3-2-4-7-13)16(23)12-21-18(24)22(14-9-10-14)17(19-21)15-8-5-11-25-15/h2-8,11,14H,9-10,12H2,1H3. The van der Waals surface area contributed by atoms with Crippen LogP contribution in [0.4, 0.5) is 5.69 Å². The Kier molecular flexibility index (Phi) is 3.76. The summed E-state index contributed by atoms with van der Waals surface area (Å²) >= 11 is 0. The zero-order valence-electron chi connectivity index (χ0n) is 13.8. The third kappa shape index (κ3) is 2.88. The van der Waals surface area contributed by atoms with Crippen molar-refractivity contribution in [2.75, 3.05) is 11.9 Å². The van der Waals surface area contributed by atoms with Gasteiger partial charge in [-0.15, -0.1) is 5.10 Å². The molecule has 1 saturated carbocycles. The van der Waals surface area contributed by atoms with Crippen molar-refractivity contribution in [2.24, 2.45) is 0 Å². The van der Waals surface area contributed by atoms with Crippen LogP contribution in [0.25, 0.3) is 11.6 Å². The highest BCUT2D eigenvalue weighted by atomic mass is 16.3. The lowest BCUT2D eigenvalue weighted by molar-refractivity contribution is -0.119. The molecule has 4 rings (SSSR count). The zero-order chi connectivity index (χ0) is 17.4. The Morgan fingerprint density at radius 1 is 1.24 bits per heavy atom. The summed E-state index contributed by atoms with van der Waals surface area (Å²) in [6, 6.07) is 13.0. The molecule has 0 saturated heterocycles. The second-order valence-electron chi connectivity index (χ2n) is 6.13. The van der Waals surface area contributed by atoms with Gasteiger partial charge in [-0.05, 0) is 37.1 Å². The van der Waals surface area contributed by atoms with Crippen molar-refractivity contribution in [3.05, 3.63) is 59.2 Å². The average Bonchev–Trinajstić information content (AvgIpc) is 3.21. The van der Waals surface area contributed by atoms with Gasteiger partial charge in [0.1, 0.15) is 6.54 Å². The van der Waals surface area contributed by atoms with E-state index in [1.807, 2.05) is 30.3 Å². The lowest BCUT2D eigenvalue weighted by Crippen LogP contribution is -2.35. The van der Waals surface area contributed by atoms with Gasteiger partial charge < -0.3 is 9.32 Å². The molecule has 0 bridgehead atoms. The van der Waals surface area contributed by atoms with E-state index in [1.54, 1.807) is 30.0 Å². The Morgan fingerprint density at radius 3 is 2.64 bits per heavy atom. The molecule has 0 radical (unpaired) electrons. The number of carbonyl (C=O) groups is 1. The average molecular weight is 338 g/mol. The smallest absolute Gasteiger partial charge is 0.347 e. The van der Waals surface area contributed by atoms with E-state index in [4.69, 9.17) is 4.42 Å². The van der Waals surface area contributed by atoms with Gasteiger partial charge in [0.2, 0.25) is 11.7 Å². The summed E-state index contributed by atoms with van der Waals surface area (Å²) in [5, 5.41) is 4.36. The third-order valence-electron chi connectivity index (χ3n) is 4.33. The van der Waals surface area contributed by atoms with Gasteiger partial charge in [0, 0.05) is 18.8 Å². The molecule has 25 heavy (non-hydrogen) atoms. The first kappa shape index (κ1) is 15.4. The summed E-state index contributed by atoms with van der Waals surface area (Å²) in [6.07, 6.45) is 3.43. The van der Waals surface area contributed by atoms with E-state index < -0.39 is 0 Å². The van der Waals surface area contributed by atoms with E-state index in [-0.39, 0.29) is 24.2 Å². The van der Waals surface area contributed by atoms with E-state index in [1.165, 1.54) is 9.58 Å². The number of hydrogen-bond acceptors (Lipinski definition) is 4. The molecule has 1 aliphatic rings. The van der Waals surface area contributed by atoms with Crippen LogP contribution in [0, 0.1) is 0 Å². The Morgan fingerprint density at radius 2 is 2.00 bits per heavy atom. The van der Waals surface area contributed by atoms with Gasteiger partial charge in [0.15, 0.2) is 5.76 Å². The van der Waals surface area contributed by atoms with Crippen molar-refractivity contribution in [1.29, 1.82) is 0 Å². The van der Waals surface area contributed by atoms with Gasteiger partial charge in [-0.2, -0.15) is 0 Å². The monoisotopic (exact) mass is 338 g/mol. The van der Waals surface area contributed by atoms with Crippen LogP contribution < -0.4 is 10.6 Å². The fourth-order valence-corrected chi connectivity index (χ4v) is 2.79. The number of anilines is 1. The molecule has 0 atom stereocenters. The lowest BCUT2D eigenvalue weighted by Gasteiger charge is -2.16. The molecule has 0 spiro atoms. The van der Waals surface area contributed by atoms with E-state index in [2.05, 4.69) is 5.10 Å². The highest BCUT2D eigenvalue weighted by Gasteiger charge is 2.31. The first-order valence-corrected chi connectivity index (χ1v) is 8.20. The predicted octanol–water partition coefficient (Wildman–Crippen LogP) is 2.30. The van der Waals surface area contributed by atoms with E-state index in [0.29, 0.717) is 11.6 Å².